The zero-order chi connectivity index (χ0) is 24.8. The number of nitrogens with two attached hydrogens (primary N) is 1. The van der Waals surface area contributed by atoms with Gasteiger partial charge in [0.2, 0.25) is 5.91 Å². The number of pyridine rings is 1. The van der Waals surface area contributed by atoms with E-state index < -0.39 is 0 Å². The average Bonchev–Trinajstić information content (AvgIpc) is 3.22. The van der Waals surface area contributed by atoms with Gasteiger partial charge in [0.1, 0.15) is 11.3 Å². The molecule has 3 N–H and O–H groups in total. The first-order chi connectivity index (χ1) is 16.9. The van der Waals surface area contributed by atoms with Crippen LogP contribution < -0.4 is 11.1 Å². The summed E-state index contributed by atoms with van der Waals surface area (Å²) in [6.45, 7) is 6.52. The van der Waals surface area contributed by atoms with Gasteiger partial charge in [-0.2, -0.15) is 0 Å². The Morgan fingerprint density at radius 1 is 1.17 bits per heavy atom. The molecule has 0 saturated heterocycles. The van der Waals surface area contributed by atoms with Crippen molar-refractivity contribution in [2.24, 2.45) is 5.41 Å². The lowest BCUT2D eigenvalue weighted by atomic mass is 9.75. The van der Waals surface area contributed by atoms with Gasteiger partial charge in [-0.3, -0.25) is 4.79 Å². The number of para-hydroxylation sites is 1. The fourth-order valence-electron chi connectivity index (χ4n) is 5.08. The second kappa shape index (κ2) is 11.4. The minimum Gasteiger partial charge on any atom is -0.384 e. The number of carbonyl (C=O) groups excluding carboxylic acids is 1. The molecule has 8 heteroatoms. The molecule has 2 heterocycles. The number of imidazole rings is 1. The van der Waals surface area contributed by atoms with Gasteiger partial charge in [0, 0.05) is 43.5 Å². The van der Waals surface area contributed by atoms with Crippen molar-refractivity contribution in [1.29, 1.82) is 0 Å². The van der Waals surface area contributed by atoms with E-state index in [-0.39, 0.29) is 17.4 Å². The summed E-state index contributed by atoms with van der Waals surface area (Å²) in [5.41, 5.74) is 8.62. The van der Waals surface area contributed by atoms with Gasteiger partial charge in [-0.1, -0.05) is 44.4 Å². The molecule has 0 spiro atoms. The Hall–Kier alpha value is -2.71. The lowest BCUT2D eigenvalue weighted by Crippen LogP contribution is -2.44. The number of nitrogen functional groups attached to an aromatic ring is 1. The number of anilines is 1. The summed E-state index contributed by atoms with van der Waals surface area (Å²) in [7, 11) is 1.69. The lowest BCUT2D eigenvalue weighted by molar-refractivity contribution is -0.132. The minimum absolute atomic E-state index is 0.0856. The fourth-order valence-corrected chi connectivity index (χ4v) is 5.08. The average molecular weight is 482 g/mol. The van der Waals surface area contributed by atoms with Crippen molar-refractivity contribution < 1.29 is 14.3 Å². The number of amides is 1. The van der Waals surface area contributed by atoms with Gasteiger partial charge >= 0.3 is 0 Å². The smallest absolute Gasteiger partial charge is 0.226 e. The van der Waals surface area contributed by atoms with E-state index in [1.54, 1.807) is 7.11 Å². The van der Waals surface area contributed by atoms with Crippen molar-refractivity contribution in [2.45, 2.75) is 71.4 Å². The van der Waals surface area contributed by atoms with Crippen LogP contribution in [0.15, 0.2) is 24.3 Å². The Kier molecular flexibility index (Phi) is 8.23. The molecule has 1 aromatic carbocycles. The van der Waals surface area contributed by atoms with E-state index in [1.165, 1.54) is 6.42 Å². The fraction of sp³-hybridized carbons (Fsp3) is 0.593. The highest BCUT2D eigenvalue weighted by Gasteiger charge is 2.34. The maximum absolute atomic E-state index is 12.8. The Morgan fingerprint density at radius 3 is 2.71 bits per heavy atom. The maximum atomic E-state index is 12.8. The van der Waals surface area contributed by atoms with E-state index in [4.69, 9.17) is 20.2 Å². The molecule has 2 aromatic heterocycles. The Labute approximate surface area is 207 Å². The number of methoxy groups -OCH3 is 1. The highest BCUT2D eigenvalue weighted by Crippen LogP contribution is 2.36. The highest BCUT2D eigenvalue weighted by atomic mass is 16.5. The number of carbonyl (C=O) groups is 1. The Balaban J connectivity index is 1.37. The van der Waals surface area contributed by atoms with E-state index in [9.17, 15) is 4.79 Å². The lowest BCUT2D eigenvalue weighted by Gasteiger charge is -2.33. The van der Waals surface area contributed by atoms with Crippen molar-refractivity contribution in [3.8, 4) is 0 Å². The molecule has 1 atom stereocenters. The molecule has 4 rings (SSSR count). The number of benzene rings is 1. The second-order valence-corrected chi connectivity index (χ2v) is 10.0. The largest absolute Gasteiger partial charge is 0.384 e. The van der Waals surface area contributed by atoms with Crippen LogP contribution in [0.1, 0.15) is 58.2 Å². The van der Waals surface area contributed by atoms with Crippen LogP contribution in [0, 0.1) is 5.41 Å². The Bertz CT molecular complexity index is 1150. The van der Waals surface area contributed by atoms with Crippen molar-refractivity contribution >= 4 is 33.7 Å². The van der Waals surface area contributed by atoms with Crippen LogP contribution in [-0.4, -0.2) is 53.4 Å². The SMILES string of the molecule is COCCc1nc2c(N)nc3ccccc3c2n1CCOCCC(C)NC(=O)C1(C)CCCCC1. The number of nitrogens with one attached hydrogen (secondary N) is 1. The highest BCUT2D eigenvalue weighted by molar-refractivity contribution is 6.06. The molecule has 0 bridgehead atoms. The summed E-state index contributed by atoms with van der Waals surface area (Å²) in [4.78, 5) is 22.1. The molecule has 1 unspecified atom stereocenters. The van der Waals surface area contributed by atoms with Crippen molar-refractivity contribution in [1.82, 2.24) is 19.9 Å². The van der Waals surface area contributed by atoms with E-state index >= 15 is 0 Å². The molecular weight excluding hydrogens is 442 g/mol. The zero-order valence-corrected chi connectivity index (χ0v) is 21.3. The van der Waals surface area contributed by atoms with Crippen molar-refractivity contribution in [2.75, 3.05) is 32.7 Å². The summed E-state index contributed by atoms with van der Waals surface area (Å²) >= 11 is 0. The molecule has 3 aromatic rings. The number of ether oxygens (including phenoxy) is 2. The predicted molar refractivity (Wildman–Crippen MR) is 139 cm³/mol. The van der Waals surface area contributed by atoms with Crippen LogP contribution >= 0.6 is 0 Å². The molecule has 1 saturated carbocycles. The normalized spacial score (nSPS) is 16.5. The standard InChI is InChI=1S/C27H39N5O3/c1-19(29-26(33)27(2)13-7-4-8-14-27)11-17-35-18-15-32-22(12-16-34-3)31-23-24(32)20-9-5-6-10-21(20)30-25(23)28/h5-6,9-10,19H,4,7-8,11-18H2,1-3H3,(H2,28,30)(H,29,33). The van der Waals surface area contributed by atoms with E-state index in [0.29, 0.717) is 38.6 Å². The number of hydrogen-bond acceptors (Lipinski definition) is 6. The topological polar surface area (TPSA) is 104 Å². The molecule has 1 aliphatic carbocycles. The first-order valence-electron chi connectivity index (χ1n) is 12.8. The summed E-state index contributed by atoms with van der Waals surface area (Å²) < 4.78 is 13.5. The van der Waals surface area contributed by atoms with Gasteiger partial charge in [0.05, 0.1) is 24.2 Å². The van der Waals surface area contributed by atoms with E-state index in [2.05, 4.69) is 34.8 Å². The number of fused-ring (bicyclic) bond motifs is 3. The molecule has 190 valence electrons. The summed E-state index contributed by atoms with van der Waals surface area (Å²) in [5, 5.41) is 4.24. The molecular formula is C27H39N5O3. The molecule has 0 aliphatic heterocycles. The zero-order valence-electron chi connectivity index (χ0n) is 21.3. The van der Waals surface area contributed by atoms with Crippen LogP contribution in [0.3, 0.4) is 0 Å². The molecule has 35 heavy (non-hydrogen) atoms. The molecule has 1 aliphatic rings. The first kappa shape index (κ1) is 25.4. The Morgan fingerprint density at radius 2 is 1.94 bits per heavy atom. The van der Waals surface area contributed by atoms with Crippen molar-refractivity contribution in [3.05, 3.63) is 30.1 Å². The maximum Gasteiger partial charge on any atom is 0.226 e. The van der Waals surface area contributed by atoms with Gasteiger partial charge < -0.3 is 25.1 Å². The summed E-state index contributed by atoms with van der Waals surface area (Å²) in [5.74, 6) is 1.54. The van der Waals surface area contributed by atoms with Gasteiger partial charge in [-0.15, -0.1) is 0 Å². The van der Waals surface area contributed by atoms with Crippen LogP contribution in [0.5, 0.6) is 0 Å². The summed E-state index contributed by atoms with van der Waals surface area (Å²) in [6, 6.07) is 8.08. The number of hydrogen-bond donors (Lipinski definition) is 2. The van der Waals surface area contributed by atoms with Gasteiger partial charge in [-0.25, -0.2) is 9.97 Å². The minimum atomic E-state index is -0.214. The third kappa shape index (κ3) is 5.76. The van der Waals surface area contributed by atoms with Crippen LogP contribution in [-0.2, 0) is 27.2 Å². The molecule has 1 fully saturated rings. The third-order valence-electron chi connectivity index (χ3n) is 7.26. The van der Waals surface area contributed by atoms with Gasteiger partial charge in [0.25, 0.3) is 0 Å². The van der Waals surface area contributed by atoms with Crippen LogP contribution in [0.25, 0.3) is 21.9 Å². The number of aromatic nitrogens is 3. The molecule has 1 amide bonds. The number of nitrogens with zero attached hydrogens (tertiary/aromatic N) is 3. The monoisotopic (exact) mass is 481 g/mol. The predicted octanol–water partition coefficient (Wildman–Crippen LogP) is 4.24. The van der Waals surface area contributed by atoms with Crippen LogP contribution in [0.4, 0.5) is 5.82 Å². The molecule has 0 radical (unpaired) electrons. The quantitative estimate of drug-likeness (QED) is 0.397. The third-order valence-corrected chi connectivity index (χ3v) is 7.26. The van der Waals surface area contributed by atoms with E-state index in [0.717, 1.165) is 59.9 Å². The number of rotatable bonds is 11. The molecule has 8 nitrogen and oxygen atoms in total. The first-order valence-corrected chi connectivity index (χ1v) is 12.8. The van der Waals surface area contributed by atoms with E-state index in [1.807, 2.05) is 18.2 Å². The van der Waals surface area contributed by atoms with Crippen molar-refractivity contribution in [3.63, 3.8) is 0 Å². The second-order valence-electron chi connectivity index (χ2n) is 10.0. The van der Waals surface area contributed by atoms with Crippen LogP contribution in [0.2, 0.25) is 0 Å². The van der Waals surface area contributed by atoms with Gasteiger partial charge in [0.15, 0.2) is 5.82 Å². The summed E-state index contributed by atoms with van der Waals surface area (Å²) in [6.07, 6.45) is 6.97. The van der Waals surface area contributed by atoms with Gasteiger partial charge in [-0.05, 0) is 32.3 Å².